The van der Waals surface area contributed by atoms with Gasteiger partial charge in [-0.05, 0) is 0 Å². The van der Waals surface area contributed by atoms with E-state index in [4.69, 9.17) is 14.9 Å². The number of hydrogen-bond donors (Lipinski definition) is 3. The van der Waals surface area contributed by atoms with Crippen LogP contribution < -0.4 is 0 Å². The zero-order chi connectivity index (χ0) is 9.35. The van der Waals surface area contributed by atoms with Gasteiger partial charge in [-0.2, -0.15) is 0 Å². The Bertz CT molecular complexity index is 165. The molecule has 12 heavy (non-hydrogen) atoms. The molecule has 4 nitrogen and oxygen atoms in total. The average Bonchev–Trinajstić information content (AvgIpc) is 2.30. The molecule has 0 bridgehead atoms. The first-order chi connectivity index (χ1) is 5.56. The molecular weight excluding hydrogens is 159 g/mol. The van der Waals surface area contributed by atoms with E-state index in [9.17, 15) is 5.11 Å². The maximum absolute atomic E-state index is 9.62. The number of aliphatic hydroxyl groups excluding tert-OH is 3. The third kappa shape index (κ3) is 1.27. The van der Waals surface area contributed by atoms with Crippen LogP contribution in [0.25, 0.3) is 0 Å². The predicted octanol–water partition coefficient (Wildman–Crippen LogP) is -2.30. The lowest BCUT2D eigenvalue weighted by Crippen LogP contribution is -2.43. The van der Waals surface area contributed by atoms with Crippen LogP contribution in [0.15, 0.2) is 0 Å². The van der Waals surface area contributed by atoms with E-state index >= 15 is 0 Å². The van der Waals surface area contributed by atoms with Crippen molar-refractivity contribution in [2.24, 2.45) is 5.41 Å². The molecule has 1 aliphatic rings. The van der Waals surface area contributed by atoms with Crippen LogP contribution in [0.3, 0.4) is 0 Å². The molecule has 1 heterocycles. The van der Waals surface area contributed by atoms with E-state index in [2.05, 4.69) is 0 Å². The summed E-state index contributed by atoms with van der Waals surface area (Å²) in [5.74, 6) is 0. The minimum absolute atomic E-state index is 0.168. The highest BCUT2D eigenvalue weighted by molar-refractivity contribution is 6.11. The van der Waals surface area contributed by atoms with Crippen molar-refractivity contribution in [3.63, 3.8) is 0 Å². The van der Waals surface area contributed by atoms with E-state index in [-0.39, 0.29) is 19.2 Å². The minimum Gasteiger partial charge on any atom is -0.396 e. The second-order valence-corrected chi connectivity index (χ2v) is 3.62. The Kier molecular flexibility index (Phi) is 2.78. The lowest BCUT2D eigenvalue weighted by Gasteiger charge is -2.29. The van der Waals surface area contributed by atoms with Gasteiger partial charge in [0.25, 0.3) is 0 Å². The summed E-state index contributed by atoms with van der Waals surface area (Å²) in [4.78, 5) is 0. The van der Waals surface area contributed by atoms with Crippen LogP contribution in [0.2, 0.25) is 0 Å². The fourth-order valence-electron chi connectivity index (χ4n) is 1.66. The molecule has 0 spiro atoms. The third-order valence-electron chi connectivity index (χ3n) is 2.74. The van der Waals surface area contributed by atoms with Crippen LogP contribution in [0.1, 0.15) is 6.92 Å². The summed E-state index contributed by atoms with van der Waals surface area (Å²) in [6, 6.07) is -0.320. The molecule has 5 heteroatoms. The van der Waals surface area contributed by atoms with Gasteiger partial charge in [-0.25, -0.2) is 0 Å². The number of rotatable bonds is 2. The van der Waals surface area contributed by atoms with Gasteiger partial charge < -0.3 is 20.1 Å². The molecule has 4 atom stereocenters. The molecule has 1 saturated heterocycles. The van der Waals surface area contributed by atoms with Gasteiger partial charge in [0.15, 0.2) is 0 Å². The summed E-state index contributed by atoms with van der Waals surface area (Å²) < 4.78 is 5.27. The van der Waals surface area contributed by atoms with Crippen molar-refractivity contribution in [1.29, 1.82) is 0 Å². The van der Waals surface area contributed by atoms with Crippen LogP contribution in [-0.2, 0) is 4.74 Å². The maximum atomic E-state index is 9.62. The van der Waals surface area contributed by atoms with Crippen molar-refractivity contribution in [2.75, 3.05) is 13.2 Å². The van der Waals surface area contributed by atoms with Crippen molar-refractivity contribution in [1.82, 2.24) is 0 Å². The molecule has 0 aromatic rings. The van der Waals surface area contributed by atoms with E-state index in [1.165, 1.54) is 0 Å². The summed E-state index contributed by atoms with van der Waals surface area (Å²) in [7, 11) is 1.73. The van der Waals surface area contributed by atoms with Crippen molar-refractivity contribution in [2.45, 2.75) is 25.1 Å². The smallest absolute Gasteiger partial charge is 0.142 e. The first kappa shape index (κ1) is 9.99. The van der Waals surface area contributed by atoms with Crippen LogP contribution in [0.4, 0.5) is 0 Å². The number of ether oxygens (including phenoxy) is 1. The number of hydrogen-bond acceptors (Lipinski definition) is 4. The molecule has 1 aliphatic heterocycles. The molecule has 0 aliphatic carbocycles. The highest BCUT2D eigenvalue weighted by Crippen LogP contribution is 2.36. The minimum atomic E-state index is -0.728. The molecule has 0 saturated carbocycles. The highest BCUT2D eigenvalue weighted by Gasteiger charge is 2.50. The Balaban J connectivity index is 2.80. The summed E-state index contributed by atoms with van der Waals surface area (Å²) in [5, 5.41) is 27.6. The van der Waals surface area contributed by atoms with Crippen LogP contribution in [0, 0.1) is 5.41 Å². The standard InChI is InChI=1S/C7H15BO4/c1-7(3-10)4(2-9)12-6(8)5(7)11/h4-6,9-11H,2-3,8H2,1H3/t4?,5-,6+,7-/m1/s1. The van der Waals surface area contributed by atoms with Gasteiger partial charge in [-0.3, -0.25) is 0 Å². The first-order valence-corrected chi connectivity index (χ1v) is 4.11. The van der Waals surface area contributed by atoms with Crippen LogP contribution in [0.5, 0.6) is 0 Å². The van der Waals surface area contributed by atoms with Crippen molar-refractivity contribution in [3.8, 4) is 0 Å². The van der Waals surface area contributed by atoms with Gasteiger partial charge in [0.05, 0.1) is 31.4 Å². The molecular formula is C7H15BO4. The molecule has 0 aromatic heterocycles. The first-order valence-electron chi connectivity index (χ1n) is 4.11. The Labute approximate surface area is 72.6 Å². The fourth-order valence-corrected chi connectivity index (χ4v) is 1.66. The molecule has 70 valence electrons. The van der Waals surface area contributed by atoms with E-state index < -0.39 is 17.6 Å². The summed E-state index contributed by atoms with van der Waals surface area (Å²) in [5.41, 5.74) is -0.728. The van der Waals surface area contributed by atoms with E-state index in [1.807, 2.05) is 0 Å². The van der Waals surface area contributed by atoms with Crippen molar-refractivity contribution >= 4 is 7.85 Å². The quantitative estimate of drug-likeness (QED) is 0.411. The SMILES string of the molecule is B[C@H]1OC(CO)[C@@](C)(CO)[C@@H]1O. The van der Waals surface area contributed by atoms with Crippen molar-refractivity contribution < 1.29 is 20.1 Å². The Hall–Kier alpha value is -0.0951. The Morgan fingerprint density at radius 3 is 2.42 bits per heavy atom. The topological polar surface area (TPSA) is 69.9 Å². The molecule has 3 N–H and O–H groups in total. The van der Waals surface area contributed by atoms with E-state index in [0.29, 0.717) is 0 Å². The Morgan fingerprint density at radius 1 is 1.50 bits per heavy atom. The molecule has 0 amide bonds. The molecule has 0 radical (unpaired) electrons. The Morgan fingerprint density at radius 2 is 2.08 bits per heavy atom. The van der Waals surface area contributed by atoms with Gasteiger partial charge in [0, 0.05) is 5.41 Å². The largest absolute Gasteiger partial charge is 0.396 e. The lowest BCUT2D eigenvalue weighted by atomic mass is 9.76. The zero-order valence-electron chi connectivity index (χ0n) is 7.40. The average molecular weight is 174 g/mol. The van der Waals surface area contributed by atoms with Gasteiger partial charge in [0.1, 0.15) is 7.85 Å². The monoisotopic (exact) mass is 174 g/mol. The highest BCUT2D eigenvalue weighted by atomic mass is 16.5. The van der Waals surface area contributed by atoms with Crippen molar-refractivity contribution in [3.05, 3.63) is 0 Å². The molecule has 1 rings (SSSR count). The summed E-state index contributed by atoms with van der Waals surface area (Å²) in [6.07, 6.45) is -1.17. The summed E-state index contributed by atoms with van der Waals surface area (Å²) >= 11 is 0. The molecule has 1 unspecified atom stereocenters. The number of aliphatic hydroxyl groups is 3. The van der Waals surface area contributed by atoms with Gasteiger partial charge in [-0.15, -0.1) is 0 Å². The second kappa shape index (κ2) is 3.34. The maximum Gasteiger partial charge on any atom is 0.142 e. The zero-order valence-corrected chi connectivity index (χ0v) is 7.40. The summed E-state index contributed by atoms with van der Waals surface area (Å²) in [6.45, 7) is 1.37. The molecule has 0 aromatic carbocycles. The lowest BCUT2D eigenvalue weighted by molar-refractivity contribution is -0.0300. The van der Waals surface area contributed by atoms with Gasteiger partial charge in [0.2, 0.25) is 0 Å². The normalized spacial score (nSPS) is 48.2. The van der Waals surface area contributed by atoms with Crippen LogP contribution >= 0.6 is 0 Å². The third-order valence-corrected chi connectivity index (χ3v) is 2.74. The van der Waals surface area contributed by atoms with Gasteiger partial charge >= 0.3 is 0 Å². The van der Waals surface area contributed by atoms with E-state index in [0.717, 1.165) is 0 Å². The predicted molar refractivity (Wildman–Crippen MR) is 45.5 cm³/mol. The van der Waals surface area contributed by atoms with E-state index in [1.54, 1.807) is 14.8 Å². The fraction of sp³-hybridized carbons (Fsp3) is 1.00. The van der Waals surface area contributed by atoms with Gasteiger partial charge in [-0.1, -0.05) is 6.92 Å². The van der Waals surface area contributed by atoms with Crippen LogP contribution in [-0.4, -0.2) is 54.6 Å². The second-order valence-electron chi connectivity index (χ2n) is 3.62. The molecule has 1 fully saturated rings.